The van der Waals surface area contributed by atoms with Crippen molar-refractivity contribution in [1.82, 2.24) is 15.3 Å². The number of halogens is 1. The van der Waals surface area contributed by atoms with Gasteiger partial charge in [0, 0.05) is 23.5 Å². The van der Waals surface area contributed by atoms with Crippen LogP contribution in [0.4, 0.5) is 11.6 Å². The second kappa shape index (κ2) is 8.48. The molecule has 1 aromatic heterocycles. The molecule has 0 aliphatic carbocycles. The summed E-state index contributed by atoms with van der Waals surface area (Å²) in [4.78, 5) is 20.5. The molecule has 0 atom stereocenters. The summed E-state index contributed by atoms with van der Waals surface area (Å²) < 4.78 is 0. The molecule has 23 heavy (non-hydrogen) atoms. The standard InChI is InChI=1S/C17H21ClN4O/c1-3-4-5-10-19-16(23)15-9-11-20-17(22-15)21-14-8-6-7-13(18)12(14)2/h6-9,11H,3-5,10H2,1-2H3,(H,19,23)(H,20,21,22). The summed E-state index contributed by atoms with van der Waals surface area (Å²) in [6.07, 6.45) is 4.76. The van der Waals surface area contributed by atoms with Crippen LogP contribution in [0.25, 0.3) is 0 Å². The van der Waals surface area contributed by atoms with E-state index in [9.17, 15) is 4.79 Å². The average molecular weight is 333 g/mol. The third-order valence-corrected chi connectivity index (χ3v) is 3.88. The predicted octanol–water partition coefficient (Wildman–Crippen LogP) is 4.10. The van der Waals surface area contributed by atoms with Gasteiger partial charge in [-0.25, -0.2) is 9.97 Å². The molecule has 2 N–H and O–H groups in total. The van der Waals surface area contributed by atoms with Crippen LogP contribution < -0.4 is 10.6 Å². The lowest BCUT2D eigenvalue weighted by molar-refractivity contribution is 0.0948. The first-order valence-corrected chi connectivity index (χ1v) is 8.13. The van der Waals surface area contributed by atoms with E-state index in [4.69, 9.17) is 11.6 Å². The number of hydrogen-bond acceptors (Lipinski definition) is 4. The molecule has 1 aromatic carbocycles. The van der Waals surface area contributed by atoms with Crippen LogP contribution in [0.5, 0.6) is 0 Å². The van der Waals surface area contributed by atoms with Crippen molar-refractivity contribution >= 4 is 29.1 Å². The van der Waals surface area contributed by atoms with Gasteiger partial charge in [0.2, 0.25) is 5.95 Å². The summed E-state index contributed by atoms with van der Waals surface area (Å²) in [6, 6.07) is 7.16. The highest BCUT2D eigenvalue weighted by Gasteiger charge is 2.09. The van der Waals surface area contributed by atoms with Crippen LogP contribution in [0.1, 0.15) is 42.2 Å². The second-order valence-electron chi connectivity index (χ2n) is 5.27. The molecule has 122 valence electrons. The molecule has 6 heteroatoms. The Hall–Kier alpha value is -2.14. The first-order valence-electron chi connectivity index (χ1n) is 7.75. The van der Waals surface area contributed by atoms with Crippen molar-refractivity contribution in [2.75, 3.05) is 11.9 Å². The lowest BCUT2D eigenvalue weighted by atomic mass is 10.2. The Labute approximate surface area is 141 Å². The number of nitrogens with one attached hydrogen (secondary N) is 2. The zero-order valence-corrected chi connectivity index (χ0v) is 14.2. The minimum absolute atomic E-state index is 0.186. The number of anilines is 2. The molecule has 2 aromatic rings. The molecule has 0 unspecified atom stereocenters. The molecule has 0 aliphatic heterocycles. The topological polar surface area (TPSA) is 66.9 Å². The molecule has 0 fully saturated rings. The molecular formula is C17H21ClN4O. The van der Waals surface area contributed by atoms with E-state index in [1.807, 2.05) is 25.1 Å². The van der Waals surface area contributed by atoms with Gasteiger partial charge in [0.05, 0.1) is 0 Å². The predicted molar refractivity (Wildman–Crippen MR) is 93.4 cm³/mol. The van der Waals surface area contributed by atoms with Crippen LogP contribution in [-0.4, -0.2) is 22.4 Å². The molecule has 0 aliphatic rings. The Bertz CT molecular complexity index is 675. The quantitative estimate of drug-likeness (QED) is 0.749. The van der Waals surface area contributed by atoms with Crippen molar-refractivity contribution in [2.24, 2.45) is 0 Å². The van der Waals surface area contributed by atoms with Gasteiger partial charge < -0.3 is 10.6 Å². The van der Waals surface area contributed by atoms with Crippen LogP contribution in [-0.2, 0) is 0 Å². The van der Waals surface area contributed by atoms with Crippen molar-refractivity contribution < 1.29 is 4.79 Å². The maximum atomic E-state index is 12.1. The summed E-state index contributed by atoms with van der Waals surface area (Å²) in [5, 5.41) is 6.63. The summed E-state index contributed by atoms with van der Waals surface area (Å²) in [6.45, 7) is 4.70. The molecule has 0 spiro atoms. The van der Waals surface area contributed by atoms with Gasteiger partial charge in [-0.1, -0.05) is 37.4 Å². The van der Waals surface area contributed by atoms with Crippen LogP contribution >= 0.6 is 11.6 Å². The number of rotatable bonds is 7. The maximum absolute atomic E-state index is 12.1. The number of carbonyl (C=O) groups is 1. The smallest absolute Gasteiger partial charge is 0.270 e. The summed E-state index contributed by atoms with van der Waals surface area (Å²) in [5.41, 5.74) is 2.07. The SMILES string of the molecule is CCCCCNC(=O)c1ccnc(Nc2cccc(Cl)c2C)n1. The van der Waals surface area contributed by atoms with Gasteiger partial charge in [0.1, 0.15) is 5.69 Å². The highest BCUT2D eigenvalue weighted by molar-refractivity contribution is 6.31. The van der Waals surface area contributed by atoms with E-state index in [-0.39, 0.29) is 5.91 Å². The maximum Gasteiger partial charge on any atom is 0.270 e. The third-order valence-electron chi connectivity index (χ3n) is 3.47. The van der Waals surface area contributed by atoms with Gasteiger partial charge in [-0.05, 0) is 37.1 Å². The number of benzene rings is 1. The summed E-state index contributed by atoms with van der Waals surface area (Å²) in [5.74, 6) is 0.186. The van der Waals surface area contributed by atoms with Gasteiger partial charge in [-0.3, -0.25) is 4.79 Å². The molecule has 0 bridgehead atoms. The van der Waals surface area contributed by atoms with E-state index < -0.39 is 0 Å². The molecule has 1 amide bonds. The largest absolute Gasteiger partial charge is 0.351 e. The fraction of sp³-hybridized carbons (Fsp3) is 0.353. The Balaban J connectivity index is 2.04. The number of hydrogen-bond donors (Lipinski definition) is 2. The molecule has 5 nitrogen and oxygen atoms in total. The number of unbranched alkanes of at least 4 members (excludes halogenated alkanes) is 2. The Kier molecular flexibility index (Phi) is 6.35. The minimum atomic E-state index is -0.186. The number of carbonyl (C=O) groups excluding carboxylic acids is 1. The summed E-state index contributed by atoms with van der Waals surface area (Å²) >= 11 is 6.10. The highest BCUT2D eigenvalue weighted by Crippen LogP contribution is 2.24. The molecule has 0 saturated heterocycles. The Morgan fingerprint density at radius 1 is 1.26 bits per heavy atom. The van der Waals surface area contributed by atoms with E-state index >= 15 is 0 Å². The highest BCUT2D eigenvalue weighted by atomic mass is 35.5. The molecule has 2 rings (SSSR count). The zero-order valence-electron chi connectivity index (χ0n) is 13.4. The number of nitrogens with zero attached hydrogens (tertiary/aromatic N) is 2. The minimum Gasteiger partial charge on any atom is -0.351 e. The lowest BCUT2D eigenvalue weighted by Gasteiger charge is -2.10. The number of amides is 1. The van der Waals surface area contributed by atoms with E-state index in [1.165, 1.54) is 0 Å². The fourth-order valence-corrected chi connectivity index (χ4v) is 2.25. The van der Waals surface area contributed by atoms with E-state index in [2.05, 4.69) is 27.5 Å². The Morgan fingerprint density at radius 2 is 2.09 bits per heavy atom. The first-order chi connectivity index (χ1) is 11.1. The Morgan fingerprint density at radius 3 is 2.87 bits per heavy atom. The van der Waals surface area contributed by atoms with E-state index in [1.54, 1.807) is 12.3 Å². The van der Waals surface area contributed by atoms with Gasteiger partial charge in [-0.15, -0.1) is 0 Å². The fourth-order valence-electron chi connectivity index (χ4n) is 2.08. The second-order valence-corrected chi connectivity index (χ2v) is 5.67. The molecule has 0 radical (unpaired) electrons. The zero-order chi connectivity index (χ0) is 16.7. The average Bonchev–Trinajstić information content (AvgIpc) is 2.56. The van der Waals surface area contributed by atoms with Crippen LogP contribution in [0.15, 0.2) is 30.5 Å². The molecule has 0 saturated carbocycles. The number of aromatic nitrogens is 2. The van der Waals surface area contributed by atoms with Crippen molar-refractivity contribution in [3.63, 3.8) is 0 Å². The third kappa shape index (κ3) is 4.93. The van der Waals surface area contributed by atoms with Gasteiger partial charge >= 0.3 is 0 Å². The van der Waals surface area contributed by atoms with Gasteiger partial charge in [0.15, 0.2) is 0 Å². The monoisotopic (exact) mass is 332 g/mol. The van der Waals surface area contributed by atoms with Crippen molar-refractivity contribution in [3.8, 4) is 0 Å². The van der Waals surface area contributed by atoms with Crippen LogP contribution in [0, 0.1) is 6.92 Å². The van der Waals surface area contributed by atoms with Crippen molar-refractivity contribution in [3.05, 3.63) is 46.7 Å². The van der Waals surface area contributed by atoms with Crippen LogP contribution in [0.2, 0.25) is 5.02 Å². The first kappa shape index (κ1) is 17.2. The van der Waals surface area contributed by atoms with Gasteiger partial charge in [-0.2, -0.15) is 0 Å². The normalized spacial score (nSPS) is 10.4. The van der Waals surface area contributed by atoms with Crippen LogP contribution in [0.3, 0.4) is 0 Å². The van der Waals surface area contributed by atoms with E-state index in [0.29, 0.717) is 23.2 Å². The molecular weight excluding hydrogens is 312 g/mol. The van der Waals surface area contributed by atoms with E-state index in [0.717, 1.165) is 30.5 Å². The molecule has 1 heterocycles. The van der Waals surface area contributed by atoms with Crippen molar-refractivity contribution in [2.45, 2.75) is 33.1 Å². The van der Waals surface area contributed by atoms with Crippen molar-refractivity contribution in [1.29, 1.82) is 0 Å². The summed E-state index contributed by atoms with van der Waals surface area (Å²) in [7, 11) is 0. The van der Waals surface area contributed by atoms with Gasteiger partial charge in [0.25, 0.3) is 5.91 Å². The lowest BCUT2D eigenvalue weighted by Crippen LogP contribution is -2.25.